The molecule has 0 bridgehead atoms. The third-order valence-electron chi connectivity index (χ3n) is 4.96. The van der Waals surface area contributed by atoms with Crippen LogP contribution in [0.5, 0.6) is 0 Å². The van der Waals surface area contributed by atoms with Crippen molar-refractivity contribution in [2.45, 2.75) is 39.7 Å². The Balaban J connectivity index is 1.74. The molecule has 146 valence electrons. The zero-order chi connectivity index (χ0) is 20.3. The number of carboxylic acids is 1. The lowest BCUT2D eigenvalue weighted by atomic mass is 9.94. The Morgan fingerprint density at radius 3 is 2.61 bits per heavy atom. The molecule has 0 fully saturated rings. The standard InChI is InChI=1S/C20H23N5O3/c1-12(19(27)28)18(15-7-5-4-6-8-15)24-17(26)10-9-16-13(2)23-20-21-11-22-25(20)14(16)3/h4-8,11-12,18H,9-10H2,1-3H3,(H,24,26)(H,27,28). The van der Waals surface area contributed by atoms with Gasteiger partial charge in [0.2, 0.25) is 5.91 Å². The lowest BCUT2D eigenvalue weighted by Gasteiger charge is -2.23. The van der Waals surface area contributed by atoms with Gasteiger partial charge in [-0.05, 0) is 38.3 Å². The number of hydrogen-bond acceptors (Lipinski definition) is 5. The fourth-order valence-corrected chi connectivity index (χ4v) is 3.30. The van der Waals surface area contributed by atoms with Gasteiger partial charge < -0.3 is 10.4 Å². The minimum absolute atomic E-state index is 0.209. The Labute approximate surface area is 162 Å². The maximum atomic E-state index is 12.6. The fourth-order valence-electron chi connectivity index (χ4n) is 3.30. The summed E-state index contributed by atoms with van der Waals surface area (Å²) in [4.78, 5) is 32.6. The van der Waals surface area contributed by atoms with Crippen LogP contribution in [0.25, 0.3) is 5.78 Å². The first-order valence-electron chi connectivity index (χ1n) is 9.11. The predicted octanol–water partition coefficient (Wildman–Crippen LogP) is 2.25. The molecule has 3 aromatic rings. The van der Waals surface area contributed by atoms with E-state index in [2.05, 4.69) is 20.4 Å². The highest BCUT2D eigenvalue weighted by molar-refractivity contribution is 5.78. The second-order valence-corrected chi connectivity index (χ2v) is 6.82. The minimum Gasteiger partial charge on any atom is -0.481 e. The highest BCUT2D eigenvalue weighted by Crippen LogP contribution is 2.23. The molecule has 3 rings (SSSR count). The molecule has 0 aliphatic carbocycles. The zero-order valence-corrected chi connectivity index (χ0v) is 16.1. The number of carboxylic acid groups (broad SMARTS) is 1. The van der Waals surface area contributed by atoms with Crippen molar-refractivity contribution in [1.82, 2.24) is 24.9 Å². The summed E-state index contributed by atoms with van der Waals surface area (Å²) in [6.07, 6.45) is 2.15. The summed E-state index contributed by atoms with van der Waals surface area (Å²) in [6.45, 7) is 5.40. The van der Waals surface area contributed by atoms with E-state index >= 15 is 0 Å². The number of amides is 1. The topological polar surface area (TPSA) is 109 Å². The van der Waals surface area contributed by atoms with E-state index in [1.54, 1.807) is 11.4 Å². The first-order chi connectivity index (χ1) is 13.4. The van der Waals surface area contributed by atoms with Crippen LogP contribution in [0.4, 0.5) is 0 Å². The number of carbonyl (C=O) groups excluding carboxylic acids is 1. The SMILES string of the molecule is Cc1nc2ncnn2c(C)c1CCC(=O)NC(c1ccccc1)C(C)C(=O)O. The van der Waals surface area contributed by atoms with Crippen molar-refractivity contribution >= 4 is 17.7 Å². The first-order valence-corrected chi connectivity index (χ1v) is 9.11. The van der Waals surface area contributed by atoms with Crippen LogP contribution in [0.15, 0.2) is 36.7 Å². The summed E-state index contributed by atoms with van der Waals surface area (Å²) >= 11 is 0. The van der Waals surface area contributed by atoms with Gasteiger partial charge in [0.15, 0.2) is 0 Å². The second kappa shape index (κ2) is 8.16. The largest absolute Gasteiger partial charge is 0.481 e. The Bertz CT molecular complexity index is 1000. The molecule has 2 unspecified atom stereocenters. The van der Waals surface area contributed by atoms with Gasteiger partial charge in [-0.25, -0.2) is 9.50 Å². The monoisotopic (exact) mass is 381 g/mol. The highest BCUT2D eigenvalue weighted by atomic mass is 16.4. The van der Waals surface area contributed by atoms with Crippen LogP contribution < -0.4 is 5.32 Å². The Morgan fingerprint density at radius 1 is 1.21 bits per heavy atom. The second-order valence-electron chi connectivity index (χ2n) is 6.82. The van der Waals surface area contributed by atoms with E-state index in [1.165, 1.54) is 6.33 Å². The molecule has 8 heteroatoms. The van der Waals surface area contributed by atoms with E-state index < -0.39 is 17.9 Å². The molecule has 0 aliphatic rings. The van der Waals surface area contributed by atoms with Gasteiger partial charge in [0.25, 0.3) is 5.78 Å². The number of rotatable bonds is 7. The van der Waals surface area contributed by atoms with E-state index in [1.807, 2.05) is 44.2 Å². The van der Waals surface area contributed by atoms with Gasteiger partial charge in [-0.1, -0.05) is 30.3 Å². The van der Waals surface area contributed by atoms with Crippen molar-refractivity contribution in [1.29, 1.82) is 0 Å². The number of nitrogens with zero attached hydrogens (tertiary/aromatic N) is 4. The van der Waals surface area contributed by atoms with Crippen LogP contribution in [-0.2, 0) is 16.0 Å². The molecule has 2 N–H and O–H groups in total. The minimum atomic E-state index is -0.957. The third kappa shape index (κ3) is 4.00. The lowest BCUT2D eigenvalue weighted by molar-refractivity contribution is -0.142. The number of aryl methyl sites for hydroxylation is 2. The Hall–Kier alpha value is -3.29. The van der Waals surface area contributed by atoms with E-state index in [4.69, 9.17) is 0 Å². The summed E-state index contributed by atoms with van der Waals surface area (Å²) in [6, 6.07) is 8.56. The maximum Gasteiger partial charge on any atom is 0.308 e. The van der Waals surface area contributed by atoms with Gasteiger partial charge in [-0.3, -0.25) is 9.59 Å². The smallest absolute Gasteiger partial charge is 0.308 e. The summed E-state index contributed by atoms with van der Waals surface area (Å²) in [5, 5.41) is 16.4. The average molecular weight is 381 g/mol. The van der Waals surface area contributed by atoms with Crippen LogP contribution in [-0.4, -0.2) is 36.6 Å². The molecule has 1 amide bonds. The number of nitrogens with one attached hydrogen (secondary N) is 1. The molecule has 0 spiro atoms. The van der Waals surface area contributed by atoms with Gasteiger partial charge in [0.05, 0.1) is 12.0 Å². The molecule has 2 aromatic heterocycles. The number of fused-ring (bicyclic) bond motifs is 1. The van der Waals surface area contributed by atoms with Crippen LogP contribution in [0.3, 0.4) is 0 Å². The summed E-state index contributed by atoms with van der Waals surface area (Å²) < 4.78 is 1.65. The molecule has 8 nitrogen and oxygen atoms in total. The van der Waals surface area contributed by atoms with E-state index in [0.29, 0.717) is 12.2 Å². The van der Waals surface area contributed by atoms with Crippen LogP contribution in [0.2, 0.25) is 0 Å². The molecule has 1 aromatic carbocycles. The number of hydrogen-bond donors (Lipinski definition) is 2. The molecule has 0 aliphatic heterocycles. The maximum absolute atomic E-state index is 12.6. The normalized spacial score (nSPS) is 13.2. The lowest BCUT2D eigenvalue weighted by Crippen LogP contribution is -2.35. The van der Waals surface area contributed by atoms with Crippen molar-refractivity contribution < 1.29 is 14.7 Å². The molecular weight excluding hydrogens is 358 g/mol. The number of benzene rings is 1. The van der Waals surface area contributed by atoms with Gasteiger partial charge in [0, 0.05) is 17.8 Å². The van der Waals surface area contributed by atoms with Crippen molar-refractivity contribution in [3.8, 4) is 0 Å². The molecule has 0 saturated carbocycles. The zero-order valence-electron chi connectivity index (χ0n) is 16.1. The van der Waals surface area contributed by atoms with Crippen molar-refractivity contribution in [3.05, 3.63) is 59.2 Å². The molecule has 2 heterocycles. The van der Waals surface area contributed by atoms with Crippen LogP contribution in [0.1, 0.15) is 41.9 Å². The third-order valence-corrected chi connectivity index (χ3v) is 4.96. The van der Waals surface area contributed by atoms with Crippen LogP contribution >= 0.6 is 0 Å². The summed E-state index contributed by atoms with van der Waals surface area (Å²) in [5.41, 5.74) is 3.41. The van der Waals surface area contributed by atoms with E-state index in [0.717, 1.165) is 22.5 Å². The van der Waals surface area contributed by atoms with E-state index in [9.17, 15) is 14.7 Å². The predicted molar refractivity (Wildman–Crippen MR) is 103 cm³/mol. The molecule has 0 saturated heterocycles. The first kappa shape index (κ1) is 19.5. The Kier molecular flexibility index (Phi) is 5.67. The van der Waals surface area contributed by atoms with E-state index in [-0.39, 0.29) is 12.3 Å². The molecule has 28 heavy (non-hydrogen) atoms. The number of aromatic nitrogens is 4. The average Bonchev–Trinajstić information content (AvgIpc) is 3.14. The number of aliphatic carboxylic acids is 1. The highest BCUT2D eigenvalue weighted by Gasteiger charge is 2.26. The van der Waals surface area contributed by atoms with Gasteiger partial charge in [-0.15, -0.1) is 0 Å². The summed E-state index contributed by atoms with van der Waals surface area (Å²) in [5.74, 6) is -1.38. The Morgan fingerprint density at radius 2 is 1.93 bits per heavy atom. The van der Waals surface area contributed by atoms with Gasteiger partial charge in [-0.2, -0.15) is 10.1 Å². The van der Waals surface area contributed by atoms with Crippen molar-refractivity contribution in [2.24, 2.45) is 5.92 Å². The quantitative estimate of drug-likeness (QED) is 0.650. The van der Waals surface area contributed by atoms with Gasteiger partial charge >= 0.3 is 5.97 Å². The summed E-state index contributed by atoms with van der Waals surface area (Å²) in [7, 11) is 0. The van der Waals surface area contributed by atoms with Gasteiger partial charge in [0.1, 0.15) is 6.33 Å². The van der Waals surface area contributed by atoms with Crippen molar-refractivity contribution in [3.63, 3.8) is 0 Å². The molecule has 2 atom stereocenters. The molecular formula is C20H23N5O3. The van der Waals surface area contributed by atoms with Crippen LogP contribution in [0, 0.1) is 19.8 Å². The molecule has 0 radical (unpaired) electrons. The van der Waals surface area contributed by atoms with Crippen molar-refractivity contribution in [2.75, 3.05) is 0 Å². The fraction of sp³-hybridized carbons (Fsp3) is 0.350. The number of carbonyl (C=O) groups is 2.